The van der Waals surface area contributed by atoms with Crippen LogP contribution in [-0.2, 0) is 0 Å². The van der Waals surface area contributed by atoms with Gasteiger partial charge in [0.25, 0.3) is 0 Å². The molecule has 3 nitrogen and oxygen atoms in total. The summed E-state index contributed by atoms with van der Waals surface area (Å²) in [6, 6.07) is 4.56. The number of nitrogens with one attached hydrogen (secondary N) is 1. The molecular weight excluding hydrogens is 257 g/mol. The number of hydrogen-bond donors (Lipinski definition) is 1. The number of nitrogens with zero attached hydrogens (tertiary/aromatic N) is 1. The smallest absolute Gasteiger partial charge is 0.408 e. The normalized spacial score (nSPS) is 19.2. The van der Waals surface area contributed by atoms with Gasteiger partial charge in [-0.15, -0.1) is 0 Å². The van der Waals surface area contributed by atoms with Gasteiger partial charge in [0.1, 0.15) is 11.8 Å². The second-order valence-corrected chi connectivity index (χ2v) is 4.50. The summed E-state index contributed by atoms with van der Waals surface area (Å²) >= 11 is 0. The second kappa shape index (κ2) is 5.79. The third-order valence-electron chi connectivity index (χ3n) is 3.26. The molecule has 6 heteroatoms. The van der Waals surface area contributed by atoms with Gasteiger partial charge >= 0.3 is 6.18 Å². The highest BCUT2D eigenvalue weighted by Gasteiger charge is 2.44. The Morgan fingerprint density at radius 1 is 1.16 bits per heavy atom. The lowest BCUT2D eigenvalue weighted by Gasteiger charge is -2.36. The van der Waals surface area contributed by atoms with Crippen molar-refractivity contribution in [2.24, 2.45) is 0 Å². The topological polar surface area (TPSA) is 24.5 Å². The first-order valence-corrected chi connectivity index (χ1v) is 6.18. The molecule has 1 aromatic carbocycles. The molecule has 0 radical (unpaired) electrons. The van der Waals surface area contributed by atoms with Crippen molar-refractivity contribution >= 4 is 0 Å². The fourth-order valence-electron chi connectivity index (χ4n) is 2.33. The molecule has 1 aromatic rings. The van der Waals surface area contributed by atoms with Crippen LogP contribution in [0.15, 0.2) is 24.3 Å². The summed E-state index contributed by atoms with van der Waals surface area (Å²) in [7, 11) is 1.49. The van der Waals surface area contributed by atoms with Crippen LogP contribution in [0.1, 0.15) is 11.6 Å². The number of piperazine rings is 1. The third kappa shape index (κ3) is 3.39. The zero-order valence-corrected chi connectivity index (χ0v) is 10.7. The molecule has 1 fully saturated rings. The standard InChI is InChI=1S/C13H17F3N2O/c1-19-11-4-2-10(3-5-11)12(13(14,15)16)18-8-6-17-7-9-18/h2-5,12,17H,6-9H2,1H3/t12-/m1/s1. The van der Waals surface area contributed by atoms with Crippen molar-refractivity contribution in [1.29, 1.82) is 0 Å². The minimum Gasteiger partial charge on any atom is -0.497 e. The number of methoxy groups -OCH3 is 1. The van der Waals surface area contributed by atoms with Gasteiger partial charge < -0.3 is 10.1 Å². The van der Waals surface area contributed by atoms with Crippen molar-refractivity contribution in [3.8, 4) is 5.75 Å². The van der Waals surface area contributed by atoms with Gasteiger partial charge in [-0.25, -0.2) is 0 Å². The molecule has 1 N–H and O–H groups in total. The highest BCUT2D eigenvalue weighted by atomic mass is 19.4. The maximum absolute atomic E-state index is 13.3. The van der Waals surface area contributed by atoms with E-state index < -0.39 is 12.2 Å². The Morgan fingerprint density at radius 3 is 2.21 bits per heavy atom. The molecule has 1 aliphatic rings. The molecular formula is C13H17F3N2O. The number of rotatable bonds is 3. The molecule has 1 atom stereocenters. The van der Waals surface area contributed by atoms with Gasteiger partial charge in [0.05, 0.1) is 7.11 Å². The number of benzene rings is 1. The molecule has 0 aromatic heterocycles. The van der Waals surface area contributed by atoms with E-state index in [4.69, 9.17) is 4.74 Å². The predicted molar refractivity (Wildman–Crippen MR) is 66.2 cm³/mol. The molecule has 1 saturated heterocycles. The van der Waals surface area contributed by atoms with Crippen LogP contribution in [0, 0.1) is 0 Å². The zero-order valence-electron chi connectivity index (χ0n) is 10.7. The maximum Gasteiger partial charge on any atom is 0.408 e. The van der Waals surface area contributed by atoms with E-state index in [1.165, 1.54) is 24.1 Å². The van der Waals surface area contributed by atoms with Gasteiger partial charge in [0.15, 0.2) is 0 Å². The maximum atomic E-state index is 13.3. The number of halogens is 3. The van der Waals surface area contributed by atoms with E-state index in [1.54, 1.807) is 12.1 Å². The summed E-state index contributed by atoms with van der Waals surface area (Å²) in [6.45, 7) is 1.97. The van der Waals surface area contributed by atoms with Crippen molar-refractivity contribution < 1.29 is 17.9 Å². The summed E-state index contributed by atoms with van der Waals surface area (Å²) < 4.78 is 44.8. The second-order valence-electron chi connectivity index (χ2n) is 4.50. The van der Waals surface area contributed by atoms with E-state index in [2.05, 4.69) is 5.32 Å². The van der Waals surface area contributed by atoms with Crippen molar-refractivity contribution in [3.05, 3.63) is 29.8 Å². The van der Waals surface area contributed by atoms with Crippen molar-refractivity contribution in [3.63, 3.8) is 0 Å². The van der Waals surface area contributed by atoms with Crippen LogP contribution in [0.5, 0.6) is 5.75 Å². The van der Waals surface area contributed by atoms with Crippen LogP contribution >= 0.6 is 0 Å². The van der Waals surface area contributed by atoms with Crippen LogP contribution in [0.4, 0.5) is 13.2 Å². The Hall–Kier alpha value is -1.27. The number of ether oxygens (including phenoxy) is 1. The Labute approximate surface area is 110 Å². The van der Waals surface area contributed by atoms with Gasteiger partial charge in [-0.05, 0) is 17.7 Å². The lowest BCUT2D eigenvalue weighted by Crippen LogP contribution is -2.49. The van der Waals surface area contributed by atoms with E-state index in [0.717, 1.165) is 0 Å². The SMILES string of the molecule is COc1ccc([C@@H](N2CCNCC2)C(F)(F)F)cc1. The highest BCUT2D eigenvalue weighted by molar-refractivity contribution is 5.30. The monoisotopic (exact) mass is 274 g/mol. The van der Waals surface area contributed by atoms with E-state index in [1.807, 2.05) is 0 Å². The van der Waals surface area contributed by atoms with Crippen LogP contribution in [0.2, 0.25) is 0 Å². The summed E-state index contributed by atoms with van der Waals surface area (Å²) in [5.41, 5.74) is 0.259. The van der Waals surface area contributed by atoms with E-state index in [0.29, 0.717) is 31.9 Å². The van der Waals surface area contributed by atoms with Crippen molar-refractivity contribution in [2.45, 2.75) is 12.2 Å². The summed E-state index contributed by atoms with van der Waals surface area (Å²) in [5, 5.41) is 3.06. The van der Waals surface area contributed by atoms with Gasteiger partial charge in [0.2, 0.25) is 0 Å². The lowest BCUT2D eigenvalue weighted by molar-refractivity contribution is -0.187. The Balaban J connectivity index is 2.25. The van der Waals surface area contributed by atoms with Crippen LogP contribution < -0.4 is 10.1 Å². The predicted octanol–water partition coefficient (Wildman–Crippen LogP) is 2.20. The van der Waals surface area contributed by atoms with E-state index in [9.17, 15) is 13.2 Å². The quantitative estimate of drug-likeness (QED) is 0.914. The molecule has 0 bridgehead atoms. The molecule has 1 heterocycles. The number of alkyl halides is 3. The average molecular weight is 274 g/mol. The first kappa shape index (κ1) is 14.1. The molecule has 0 spiro atoms. The first-order valence-electron chi connectivity index (χ1n) is 6.18. The van der Waals surface area contributed by atoms with Crippen LogP contribution in [0.25, 0.3) is 0 Å². The Bertz CT molecular complexity index is 399. The summed E-state index contributed by atoms with van der Waals surface area (Å²) in [5.74, 6) is 0.560. The van der Waals surface area contributed by atoms with Crippen molar-refractivity contribution in [1.82, 2.24) is 10.2 Å². The molecule has 1 aliphatic heterocycles. The average Bonchev–Trinajstić information content (AvgIpc) is 2.39. The minimum absolute atomic E-state index is 0.259. The van der Waals surface area contributed by atoms with E-state index in [-0.39, 0.29) is 5.56 Å². The van der Waals surface area contributed by atoms with Crippen LogP contribution in [-0.4, -0.2) is 44.4 Å². The molecule has 0 amide bonds. The summed E-state index contributed by atoms with van der Waals surface area (Å²) in [4.78, 5) is 1.47. The van der Waals surface area contributed by atoms with Gasteiger partial charge in [-0.1, -0.05) is 12.1 Å². The first-order chi connectivity index (χ1) is 9.02. The van der Waals surface area contributed by atoms with Crippen molar-refractivity contribution in [2.75, 3.05) is 33.3 Å². The van der Waals surface area contributed by atoms with Gasteiger partial charge in [0, 0.05) is 26.2 Å². The fraction of sp³-hybridized carbons (Fsp3) is 0.538. The lowest BCUT2D eigenvalue weighted by atomic mass is 10.0. The largest absolute Gasteiger partial charge is 0.497 e. The number of hydrogen-bond acceptors (Lipinski definition) is 3. The Kier molecular flexibility index (Phi) is 4.31. The molecule has 2 rings (SSSR count). The molecule has 0 aliphatic carbocycles. The molecule has 0 unspecified atom stereocenters. The summed E-state index contributed by atoms with van der Waals surface area (Å²) in [6.07, 6.45) is -4.27. The van der Waals surface area contributed by atoms with Gasteiger partial charge in [-0.2, -0.15) is 13.2 Å². The molecule has 0 saturated carbocycles. The van der Waals surface area contributed by atoms with Crippen LogP contribution in [0.3, 0.4) is 0 Å². The van der Waals surface area contributed by atoms with E-state index >= 15 is 0 Å². The highest BCUT2D eigenvalue weighted by Crippen LogP contribution is 2.38. The third-order valence-corrected chi connectivity index (χ3v) is 3.26. The zero-order chi connectivity index (χ0) is 13.9. The minimum atomic E-state index is -4.27. The molecule has 106 valence electrons. The Morgan fingerprint density at radius 2 is 1.74 bits per heavy atom. The molecule has 19 heavy (non-hydrogen) atoms. The fourth-order valence-corrected chi connectivity index (χ4v) is 2.33. The van der Waals surface area contributed by atoms with Gasteiger partial charge in [-0.3, -0.25) is 4.90 Å².